The number of rotatable bonds is 4. The van der Waals surface area contributed by atoms with Gasteiger partial charge < -0.3 is 10.2 Å². The van der Waals surface area contributed by atoms with E-state index in [-0.39, 0.29) is 0 Å². The molecule has 0 bridgehead atoms. The molecule has 1 heterocycles. The summed E-state index contributed by atoms with van der Waals surface area (Å²) in [7, 11) is 6.00. The van der Waals surface area contributed by atoms with Gasteiger partial charge in [0.05, 0.1) is 0 Å². The second-order valence-electron chi connectivity index (χ2n) is 4.12. The van der Waals surface area contributed by atoms with Gasteiger partial charge in [-0.25, -0.2) is 4.98 Å². The number of benzene rings is 1. The first-order valence-corrected chi connectivity index (χ1v) is 6.39. The second-order valence-corrected chi connectivity index (χ2v) is 5.23. The molecule has 0 saturated heterocycles. The predicted octanol–water partition coefficient (Wildman–Crippen LogP) is 2.84. The van der Waals surface area contributed by atoms with Crippen LogP contribution in [0.1, 0.15) is 10.4 Å². The molecule has 0 spiro atoms. The first-order chi connectivity index (χ1) is 8.19. The molecule has 0 radical (unpaired) electrons. The molecule has 17 heavy (non-hydrogen) atoms. The molecule has 0 fully saturated rings. The summed E-state index contributed by atoms with van der Waals surface area (Å²) in [5.41, 5.74) is 2.55. The average Bonchev–Trinajstić information content (AvgIpc) is 2.77. The normalized spacial score (nSPS) is 10.3. The first-order valence-electron chi connectivity index (χ1n) is 5.58. The Bertz CT molecular complexity index is 474. The van der Waals surface area contributed by atoms with E-state index in [9.17, 15) is 0 Å². The largest absolute Gasteiger partial charge is 0.378 e. The van der Waals surface area contributed by atoms with Gasteiger partial charge in [0.25, 0.3) is 0 Å². The van der Waals surface area contributed by atoms with Crippen LogP contribution in [-0.4, -0.2) is 26.1 Å². The highest BCUT2D eigenvalue weighted by Gasteiger charge is 2.02. The summed E-state index contributed by atoms with van der Waals surface area (Å²) in [6, 6.07) is 8.65. The van der Waals surface area contributed by atoms with Crippen molar-refractivity contribution in [1.29, 1.82) is 0 Å². The fourth-order valence-electron chi connectivity index (χ4n) is 1.62. The van der Waals surface area contributed by atoms with Crippen LogP contribution in [0.3, 0.4) is 0 Å². The molecule has 1 aromatic carbocycles. The number of thiazole rings is 1. The molecular weight excluding hydrogens is 230 g/mol. The van der Waals surface area contributed by atoms with Crippen LogP contribution in [0.5, 0.6) is 0 Å². The summed E-state index contributed by atoms with van der Waals surface area (Å²) in [6.07, 6.45) is 2.89. The third kappa shape index (κ3) is 2.97. The molecule has 1 aromatic heterocycles. The topological polar surface area (TPSA) is 28.2 Å². The smallest absolute Gasteiger partial charge is 0.182 e. The zero-order valence-corrected chi connectivity index (χ0v) is 11.2. The Morgan fingerprint density at radius 2 is 1.94 bits per heavy atom. The maximum atomic E-state index is 4.28. The van der Waals surface area contributed by atoms with E-state index in [0.29, 0.717) is 0 Å². The van der Waals surface area contributed by atoms with Crippen LogP contribution < -0.4 is 10.2 Å². The van der Waals surface area contributed by atoms with E-state index in [2.05, 4.69) is 53.6 Å². The monoisotopic (exact) mass is 247 g/mol. The summed E-state index contributed by atoms with van der Waals surface area (Å²) in [4.78, 5) is 7.67. The quantitative estimate of drug-likeness (QED) is 0.900. The second kappa shape index (κ2) is 5.19. The van der Waals surface area contributed by atoms with Crippen LogP contribution in [0.25, 0.3) is 0 Å². The van der Waals surface area contributed by atoms with Gasteiger partial charge in [0.15, 0.2) is 5.13 Å². The molecule has 90 valence electrons. The lowest BCUT2D eigenvalue weighted by atomic mass is 10.1. The Balaban J connectivity index is 2.08. The lowest BCUT2D eigenvalue weighted by Crippen LogP contribution is -2.08. The van der Waals surface area contributed by atoms with E-state index in [1.165, 1.54) is 16.1 Å². The minimum atomic E-state index is 0.951. The number of hydrogen-bond acceptors (Lipinski definition) is 4. The maximum Gasteiger partial charge on any atom is 0.182 e. The fourth-order valence-corrected chi connectivity index (χ4v) is 2.42. The molecule has 1 N–H and O–H groups in total. The zero-order valence-electron chi connectivity index (χ0n) is 10.4. The minimum absolute atomic E-state index is 0.951. The van der Waals surface area contributed by atoms with E-state index in [1.54, 1.807) is 11.3 Å². The number of nitrogens with one attached hydrogen (secondary N) is 1. The fraction of sp³-hybridized carbons (Fsp3) is 0.308. The van der Waals surface area contributed by atoms with Crippen molar-refractivity contribution in [3.05, 3.63) is 40.9 Å². The highest BCUT2D eigenvalue weighted by molar-refractivity contribution is 7.15. The summed E-state index contributed by atoms with van der Waals surface area (Å²) in [5, 5.41) is 4.03. The molecule has 0 aliphatic heterocycles. The van der Waals surface area contributed by atoms with Crippen LogP contribution in [0, 0.1) is 0 Å². The van der Waals surface area contributed by atoms with Crippen LogP contribution in [0.4, 0.5) is 10.8 Å². The molecule has 0 amide bonds. The van der Waals surface area contributed by atoms with Gasteiger partial charge >= 0.3 is 0 Å². The van der Waals surface area contributed by atoms with Crippen molar-refractivity contribution in [2.24, 2.45) is 0 Å². The van der Waals surface area contributed by atoms with Crippen LogP contribution in [0.2, 0.25) is 0 Å². The van der Waals surface area contributed by atoms with Crippen molar-refractivity contribution < 1.29 is 0 Å². The van der Waals surface area contributed by atoms with E-state index in [4.69, 9.17) is 0 Å². The van der Waals surface area contributed by atoms with Crippen LogP contribution in [0.15, 0.2) is 30.5 Å². The number of aromatic nitrogens is 1. The van der Waals surface area contributed by atoms with Gasteiger partial charge in [0, 0.05) is 44.3 Å². The van der Waals surface area contributed by atoms with Gasteiger partial charge in [-0.05, 0) is 17.7 Å². The standard InChI is InChI=1S/C13H17N3S/c1-14-13-15-9-12(17-13)8-10-4-6-11(7-5-10)16(2)3/h4-7,9H,8H2,1-3H3,(H,14,15). The molecule has 2 aromatic rings. The Morgan fingerprint density at radius 3 is 2.47 bits per heavy atom. The van der Waals surface area contributed by atoms with E-state index < -0.39 is 0 Å². The van der Waals surface area contributed by atoms with Gasteiger partial charge in [0.1, 0.15) is 0 Å². The summed E-state index contributed by atoms with van der Waals surface area (Å²) < 4.78 is 0. The predicted molar refractivity (Wildman–Crippen MR) is 75.2 cm³/mol. The maximum absolute atomic E-state index is 4.28. The van der Waals surface area contributed by atoms with Crippen molar-refractivity contribution in [3.8, 4) is 0 Å². The Labute approximate surface area is 106 Å². The van der Waals surface area contributed by atoms with Crippen molar-refractivity contribution in [2.45, 2.75) is 6.42 Å². The van der Waals surface area contributed by atoms with Crippen molar-refractivity contribution in [1.82, 2.24) is 4.98 Å². The van der Waals surface area contributed by atoms with Gasteiger partial charge in [-0.2, -0.15) is 0 Å². The van der Waals surface area contributed by atoms with E-state index >= 15 is 0 Å². The van der Waals surface area contributed by atoms with Gasteiger partial charge in [-0.15, -0.1) is 11.3 Å². The van der Waals surface area contributed by atoms with Crippen molar-refractivity contribution >= 4 is 22.2 Å². The third-order valence-corrected chi connectivity index (χ3v) is 3.61. The molecule has 3 nitrogen and oxygen atoms in total. The molecule has 0 unspecified atom stereocenters. The number of nitrogens with zero attached hydrogens (tertiary/aromatic N) is 2. The summed E-state index contributed by atoms with van der Waals surface area (Å²) in [6.45, 7) is 0. The molecule has 0 aliphatic rings. The molecular formula is C13H17N3S. The summed E-state index contributed by atoms with van der Waals surface area (Å²) in [5.74, 6) is 0. The molecule has 2 rings (SSSR count). The highest BCUT2D eigenvalue weighted by Crippen LogP contribution is 2.21. The van der Waals surface area contributed by atoms with E-state index in [0.717, 1.165) is 11.6 Å². The Morgan fingerprint density at radius 1 is 1.24 bits per heavy atom. The van der Waals surface area contributed by atoms with Crippen molar-refractivity contribution in [2.75, 3.05) is 31.4 Å². The third-order valence-electron chi connectivity index (χ3n) is 2.60. The van der Waals surface area contributed by atoms with Crippen LogP contribution >= 0.6 is 11.3 Å². The molecule has 0 saturated carbocycles. The van der Waals surface area contributed by atoms with E-state index in [1.807, 2.05) is 13.2 Å². The van der Waals surface area contributed by atoms with Gasteiger partial charge in [0.2, 0.25) is 0 Å². The van der Waals surface area contributed by atoms with Gasteiger partial charge in [-0.3, -0.25) is 0 Å². The first kappa shape index (κ1) is 11.9. The number of hydrogen-bond donors (Lipinski definition) is 1. The SMILES string of the molecule is CNc1ncc(Cc2ccc(N(C)C)cc2)s1. The highest BCUT2D eigenvalue weighted by atomic mass is 32.1. The minimum Gasteiger partial charge on any atom is -0.378 e. The van der Waals surface area contributed by atoms with Crippen molar-refractivity contribution in [3.63, 3.8) is 0 Å². The average molecular weight is 247 g/mol. The lowest BCUT2D eigenvalue weighted by molar-refractivity contribution is 1.12. The molecule has 0 aliphatic carbocycles. The van der Waals surface area contributed by atoms with Crippen LogP contribution in [-0.2, 0) is 6.42 Å². The number of anilines is 2. The summed E-state index contributed by atoms with van der Waals surface area (Å²) >= 11 is 1.71. The van der Waals surface area contributed by atoms with Gasteiger partial charge in [-0.1, -0.05) is 12.1 Å². The Kier molecular flexibility index (Phi) is 3.64. The zero-order chi connectivity index (χ0) is 12.3. The Hall–Kier alpha value is -1.55. The molecule has 4 heteroatoms. The lowest BCUT2D eigenvalue weighted by Gasteiger charge is -2.12. The molecule has 0 atom stereocenters.